The third kappa shape index (κ3) is 4.14. The van der Waals surface area contributed by atoms with Gasteiger partial charge in [0.1, 0.15) is 0 Å². The molecule has 18 heavy (non-hydrogen) atoms. The van der Waals surface area contributed by atoms with Crippen LogP contribution in [0.15, 0.2) is 0 Å². The molecule has 0 saturated carbocycles. The summed E-state index contributed by atoms with van der Waals surface area (Å²) in [6, 6.07) is 0. The Morgan fingerprint density at radius 1 is 1.44 bits per heavy atom. The number of carboxylic acids is 1. The van der Waals surface area contributed by atoms with E-state index in [0.29, 0.717) is 18.9 Å². The van der Waals surface area contributed by atoms with Gasteiger partial charge in [-0.1, -0.05) is 0 Å². The van der Waals surface area contributed by atoms with E-state index < -0.39 is 11.8 Å². The summed E-state index contributed by atoms with van der Waals surface area (Å²) in [5, 5.41) is 8.67. The zero-order valence-electron chi connectivity index (χ0n) is 10.9. The Labute approximate surface area is 112 Å². The van der Waals surface area contributed by atoms with Crippen molar-refractivity contribution in [3.8, 4) is 0 Å². The molecule has 0 radical (unpaired) electrons. The maximum absolute atomic E-state index is 10.5. The first-order valence-corrected chi connectivity index (χ1v) is 7.84. The van der Waals surface area contributed by atoms with Crippen molar-refractivity contribution in [1.29, 1.82) is 0 Å². The minimum Gasteiger partial charge on any atom is -0.481 e. The van der Waals surface area contributed by atoms with E-state index in [1.165, 1.54) is 24.3 Å². The molecule has 2 unspecified atom stereocenters. The molecule has 1 N–H and O–H groups in total. The van der Waals surface area contributed by atoms with Gasteiger partial charge in [0.2, 0.25) is 0 Å². The van der Waals surface area contributed by atoms with Crippen molar-refractivity contribution in [3.05, 3.63) is 0 Å². The summed E-state index contributed by atoms with van der Waals surface area (Å²) < 4.78 is 11.7. The van der Waals surface area contributed by atoms with Gasteiger partial charge in [0.15, 0.2) is 5.79 Å². The Bertz CT molecular complexity index is 291. The van der Waals surface area contributed by atoms with Gasteiger partial charge in [-0.15, -0.1) is 0 Å². The highest BCUT2D eigenvalue weighted by atomic mass is 32.2. The molecule has 2 heterocycles. The number of hydrogen-bond donors (Lipinski definition) is 1. The molecule has 0 aromatic heterocycles. The van der Waals surface area contributed by atoms with Crippen LogP contribution in [-0.4, -0.2) is 41.1 Å². The Balaban J connectivity index is 1.76. The summed E-state index contributed by atoms with van der Waals surface area (Å²) in [5.74, 6) is 1.91. The summed E-state index contributed by atoms with van der Waals surface area (Å²) in [6.45, 7) is 2.53. The van der Waals surface area contributed by atoms with Gasteiger partial charge < -0.3 is 14.6 Å². The van der Waals surface area contributed by atoms with Gasteiger partial charge in [0.25, 0.3) is 0 Å². The highest BCUT2D eigenvalue weighted by Gasteiger charge is 2.39. The van der Waals surface area contributed by atoms with E-state index in [1.807, 2.05) is 18.7 Å². The minimum atomic E-state index is -0.767. The molecule has 0 spiro atoms. The molecule has 2 aliphatic rings. The van der Waals surface area contributed by atoms with Crippen molar-refractivity contribution in [2.45, 2.75) is 50.9 Å². The minimum absolute atomic E-state index is 0.0518. The molecular weight excluding hydrogens is 252 g/mol. The highest BCUT2D eigenvalue weighted by molar-refractivity contribution is 7.99. The van der Waals surface area contributed by atoms with Crippen molar-refractivity contribution in [2.75, 3.05) is 18.1 Å². The normalized spacial score (nSPS) is 33.7. The van der Waals surface area contributed by atoms with Gasteiger partial charge in [-0.25, -0.2) is 0 Å². The number of ether oxygens (including phenoxy) is 2. The Morgan fingerprint density at radius 2 is 2.17 bits per heavy atom. The molecule has 2 atom stereocenters. The number of carbonyl (C=O) groups is 1. The van der Waals surface area contributed by atoms with E-state index in [2.05, 4.69) is 0 Å². The topological polar surface area (TPSA) is 55.8 Å². The van der Waals surface area contributed by atoms with Crippen molar-refractivity contribution in [2.24, 2.45) is 5.92 Å². The smallest absolute Gasteiger partial charge is 0.303 e. The number of thioether (sulfide) groups is 1. The quantitative estimate of drug-likeness (QED) is 0.835. The van der Waals surface area contributed by atoms with Crippen LogP contribution < -0.4 is 0 Å². The molecule has 4 nitrogen and oxygen atoms in total. The van der Waals surface area contributed by atoms with Crippen LogP contribution in [0.2, 0.25) is 0 Å². The van der Waals surface area contributed by atoms with Crippen LogP contribution in [-0.2, 0) is 14.3 Å². The lowest BCUT2D eigenvalue weighted by Gasteiger charge is -2.30. The molecular formula is C13H22O4S. The van der Waals surface area contributed by atoms with Crippen LogP contribution in [0.5, 0.6) is 0 Å². The van der Waals surface area contributed by atoms with Crippen molar-refractivity contribution < 1.29 is 19.4 Å². The highest BCUT2D eigenvalue weighted by Crippen LogP contribution is 2.36. The van der Waals surface area contributed by atoms with Gasteiger partial charge in [-0.3, -0.25) is 4.79 Å². The molecule has 5 heteroatoms. The number of hydrogen-bond acceptors (Lipinski definition) is 4. The maximum Gasteiger partial charge on any atom is 0.303 e. The third-order valence-electron chi connectivity index (χ3n) is 3.67. The predicted molar refractivity (Wildman–Crippen MR) is 70.8 cm³/mol. The lowest BCUT2D eigenvalue weighted by Crippen LogP contribution is -2.31. The largest absolute Gasteiger partial charge is 0.481 e. The monoisotopic (exact) mass is 274 g/mol. The van der Waals surface area contributed by atoms with Gasteiger partial charge in [0, 0.05) is 12.8 Å². The Morgan fingerprint density at radius 3 is 2.83 bits per heavy atom. The first kappa shape index (κ1) is 14.2. The van der Waals surface area contributed by atoms with Gasteiger partial charge in [0.05, 0.1) is 12.7 Å². The maximum atomic E-state index is 10.5. The van der Waals surface area contributed by atoms with Gasteiger partial charge >= 0.3 is 5.97 Å². The fourth-order valence-electron chi connectivity index (χ4n) is 2.70. The fourth-order valence-corrected chi connectivity index (χ4v) is 3.90. The summed E-state index contributed by atoms with van der Waals surface area (Å²) >= 11 is 2.02. The average Bonchev–Trinajstić information content (AvgIpc) is 2.69. The van der Waals surface area contributed by atoms with E-state index in [9.17, 15) is 4.79 Å². The number of aliphatic carboxylic acids is 1. The first-order chi connectivity index (χ1) is 8.57. The van der Waals surface area contributed by atoms with E-state index in [-0.39, 0.29) is 12.5 Å². The second-order valence-electron chi connectivity index (χ2n) is 5.38. The molecule has 0 amide bonds. The molecule has 0 aromatic rings. The Kier molecular flexibility index (Phi) is 4.92. The molecule has 0 aromatic carbocycles. The van der Waals surface area contributed by atoms with Crippen LogP contribution in [0.1, 0.15) is 39.0 Å². The zero-order valence-corrected chi connectivity index (χ0v) is 11.7. The molecule has 104 valence electrons. The molecule has 2 saturated heterocycles. The summed E-state index contributed by atoms with van der Waals surface area (Å²) in [6.07, 6.45) is 4.08. The van der Waals surface area contributed by atoms with E-state index in [0.717, 1.165) is 6.42 Å². The van der Waals surface area contributed by atoms with E-state index in [4.69, 9.17) is 14.6 Å². The summed E-state index contributed by atoms with van der Waals surface area (Å²) in [4.78, 5) is 10.5. The molecule has 2 aliphatic heterocycles. The fraction of sp³-hybridized carbons (Fsp3) is 0.923. The summed E-state index contributed by atoms with van der Waals surface area (Å²) in [7, 11) is 0. The lowest BCUT2D eigenvalue weighted by molar-refractivity contribution is -0.168. The molecule has 0 bridgehead atoms. The number of rotatable bonds is 5. The van der Waals surface area contributed by atoms with E-state index in [1.54, 1.807) is 0 Å². The second kappa shape index (κ2) is 6.26. The first-order valence-electron chi connectivity index (χ1n) is 6.69. The van der Waals surface area contributed by atoms with Crippen LogP contribution >= 0.6 is 11.8 Å². The van der Waals surface area contributed by atoms with Crippen LogP contribution in [0.25, 0.3) is 0 Å². The van der Waals surface area contributed by atoms with Crippen LogP contribution in [0.4, 0.5) is 0 Å². The molecule has 0 aliphatic carbocycles. The van der Waals surface area contributed by atoms with Crippen molar-refractivity contribution >= 4 is 17.7 Å². The van der Waals surface area contributed by atoms with Crippen molar-refractivity contribution in [3.63, 3.8) is 0 Å². The Hall–Kier alpha value is -0.260. The van der Waals surface area contributed by atoms with Crippen LogP contribution in [0, 0.1) is 5.92 Å². The molecule has 2 fully saturated rings. The van der Waals surface area contributed by atoms with Crippen molar-refractivity contribution in [1.82, 2.24) is 0 Å². The van der Waals surface area contributed by atoms with E-state index >= 15 is 0 Å². The average molecular weight is 274 g/mol. The van der Waals surface area contributed by atoms with Gasteiger partial charge in [-0.2, -0.15) is 11.8 Å². The zero-order chi connectivity index (χ0) is 13.0. The third-order valence-corrected chi connectivity index (χ3v) is 4.72. The standard InChI is InChI=1S/C13H22O4S/c1-13(8-10-4-6-18-7-5-10)16-9-11(17-13)2-3-12(14)15/h10-11H,2-9H2,1H3,(H,14,15). The molecule has 2 rings (SSSR count). The predicted octanol–water partition coefficient (Wildman–Crippen LogP) is 2.52. The number of carboxylic acid groups (broad SMARTS) is 1. The SMILES string of the molecule is CC1(CC2CCSCC2)OCC(CCC(=O)O)O1. The van der Waals surface area contributed by atoms with Gasteiger partial charge in [-0.05, 0) is 43.6 Å². The summed E-state index contributed by atoms with van der Waals surface area (Å²) in [5.41, 5.74) is 0. The van der Waals surface area contributed by atoms with Crippen LogP contribution in [0.3, 0.4) is 0 Å². The second-order valence-corrected chi connectivity index (χ2v) is 6.60. The lowest BCUT2D eigenvalue weighted by atomic mass is 9.94.